The molecule has 164 valence electrons. The molecule has 0 bridgehead atoms. The van der Waals surface area contributed by atoms with Crippen molar-refractivity contribution < 1.29 is 30.5 Å². The monoisotopic (exact) mass is 470 g/mol. The van der Waals surface area contributed by atoms with E-state index in [1.165, 1.54) is 36.4 Å². The van der Waals surface area contributed by atoms with Gasteiger partial charge in [0.1, 0.15) is 11.5 Å². The van der Waals surface area contributed by atoms with Crippen molar-refractivity contribution in [3.8, 4) is 22.6 Å². The molecule has 0 N–H and O–H groups in total. The fourth-order valence-corrected chi connectivity index (χ4v) is 4.35. The summed E-state index contributed by atoms with van der Waals surface area (Å²) in [5.41, 5.74) is 1.25. The van der Waals surface area contributed by atoms with Crippen LogP contribution in [0.1, 0.15) is 16.3 Å². The summed E-state index contributed by atoms with van der Waals surface area (Å²) >= 11 is 0. The second kappa shape index (κ2) is 7.92. The molecule has 2 heterocycles. The highest BCUT2D eigenvalue weighted by Crippen LogP contribution is 2.28. The molecule has 2 aromatic heterocycles. The number of hydrogen-bond donors (Lipinski definition) is 0. The quantitative estimate of drug-likeness (QED) is 0.387. The van der Waals surface area contributed by atoms with Crippen LogP contribution in [-0.4, -0.2) is 35.1 Å². The third-order valence-electron chi connectivity index (χ3n) is 4.79. The van der Waals surface area contributed by atoms with Gasteiger partial charge in [0.05, 0.1) is 9.79 Å². The molecule has 0 aliphatic carbocycles. The SMILES string of the molecule is CS(=O)(=O)c1ccc(-c2ccc(C(=O)c3ccc(-c4ccc(S(C)(=O)=O)cc4)o3)o2)cc1. The van der Waals surface area contributed by atoms with Crippen LogP contribution in [0.15, 0.2) is 91.4 Å². The summed E-state index contributed by atoms with van der Waals surface area (Å²) < 4.78 is 57.7. The highest BCUT2D eigenvalue weighted by molar-refractivity contribution is 7.91. The largest absolute Gasteiger partial charge is 0.452 e. The molecule has 0 aliphatic heterocycles. The van der Waals surface area contributed by atoms with Gasteiger partial charge in [-0.2, -0.15) is 0 Å². The molecule has 32 heavy (non-hydrogen) atoms. The average molecular weight is 471 g/mol. The lowest BCUT2D eigenvalue weighted by Crippen LogP contribution is -1.97. The third-order valence-corrected chi connectivity index (χ3v) is 7.05. The Morgan fingerprint density at radius 1 is 0.562 bits per heavy atom. The second-order valence-electron chi connectivity index (χ2n) is 7.25. The van der Waals surface area contributed by atoms with Gasteiger partial charge in [0, 0.05) is 23.6 Å². The summed E-state index contributed by atoms with van der Waals surface area (Å²) in [7, 11) is -6.61. The minimum atomic E-state index is -3.30. The number of sulfone groups is 2. The van der Waals surface area contributed by atoms with Crippen molar-refractivity contribution in [2.45, 2.75) is 9.79 Å². The van der Waals surface area contributed by atoms with E-state index in [0.717, 1.165) is 12.5 Å². The zero-order chi connectivity index (χ0) is 23.1. The summed E-state index contributed by atoms with van der Waals surface area (Å²) in [6, 6.07) is 18.6. The Hall–Kier alpha value is -3.43. The summed E-state index contributed by atoms with van der Waals surface area (Å²) in [4.78, 5) is 13.1. The molecule has 0 fully saturated rings. The van der Waals surface area contributed by atoms with Gasteiger partial charge in [-0.25, -0.2) is 16.8 Å². The van der Waals surface area contributed by atoms with E-state index in [9.17, 15) is 21.6 Å². The maximum atomic E-state index is 12.8. The lowest BCUT2D eigenvalue weighted by molar-refractivity contribution is 0.0984. The van der Waals surface area contributed by atoms with Gasteiger partial charge < -0.3 is 8.83 Å². The molecule has 0 amide bonds. The number of carbonyl (C=O) groups excluding carboxylic acids is 1. The number of hydrogen-bond acceptors (Lipinski definition) is 7. The van der Waals surface area contributed by atoms with E-state index in [4.69, 9.17) is 8.83 Å². The first-order chi connectivity index (χ1) is 15.0. The van der Waals surface area contributed by atoms with Gasteiger partial charge >= 0.3 is 0 Å². The Balaban J connectivity index is 1.55. The van der Waals surface area contributed by atoms with Crippen molar-refractivity contribution in [1.29, 1.82) is 0 Å². The smallest absolute Gasteiger partial charge is 0.263 e. The first kappa shape index (κ1) is 21.8. The van der Waals surface area contributed by atoms with Crippen LogP contribution in [0.2, 0.25) is 0 Å². The van der Waals surface area contributed by atoms with Gasteiger partial charge in [0.2, 0.25) is 0 Å². The molecular weight excluding hydrogens is 452 g/mol. The Kier molecular flexibility index (Phi) is 5.39. The molecule has 9 heteroatoms. The van der Waals surface area contributed by atoms with Gasteiger partial charge in [-0.05, 0) is 72.8 Å². The molecule has 0 spiro atoms. The molecule has 2 aromatic carbocycles. The van der Waals surface area contributed by atoms with E-state index in [1.54, 1.807) is 36.4 Å². The van der Waals surface area contributed by atoms with Crippen LogP contribution in [0.5, 0.6) is 0 Å². The van der Waals surface area contributed by atoms with E-state index in [-0.39, 0.29) is 21.3 Å². The Labute approximate surface area is 185 Å². The van der Waals surface area contributed by atoms with Crippen molar-refractivity contribution in [3.05, 3.63) is 84.3 Å². The normalized spacial score (nSPS) is 12.1. The number of carbonyl (C=O) groups is 1. The van der Waals surface area contributed by atoms with Crippen LogP contribution in [0, 0.1) is 0 Å². The second-order valence-corrected chi connectivity index (χ2v) is 11.3. The first-order valence-electron chi connectivity index (χ1n) is 9.38. The summed E-state index contributed by atoms with van der Waals surface area (Å²) in [5.74, 6) is 0.511. The molecular formula is C23H18O7S2. The van der Waals surface area contributed by atoms with E-state index in [1.807, 2.05) is 0 Å². The zero-order valence-corrected chi connectivity index (χ0v) is 18.7. The number of rotatable bonds is 6. The van der Waals surface area contributed by atoms with Crippen molar-refractivity contribution in [2.24, 2.45) is 0 Å². The highest BCUT2D eigenvalue weighted by atomic mass is 32.2. The molecule has 0 saturated carbocycles. The molecule has 0 atom stereocenters. The number of benzene rings is 2. The number of ketones is 1. The molecule has 0 saturated heterocycles. The van der Waals surface area contributed by atoms with E-state index in [2.05, 4.69) is 0 Å². The average Bonchev–Trinajstić information content (AvgIpc) is 3.43. The van der Waals surface area contributed by atoms with E-state index < -0.39 is 25.5 Å². The molecule has 0 aliphatic rings. The minimum absolute atomic E-state index is 0.0699. The minimum Gasteiger partial charge on any atom is -0.452 e. The molecule has 4 aromatic rings. The molecule has 0 unspecified atom stereocenters. The Morgan fingerprint density at radius 3 is 1.22 bits per heavy atom. The van der Waals surface area contributed by atoms with Gasteiger partial charge in [-0.15, -0.1) is 0 Å². The predicted molar refractivity (Wildman–Crippen MR) is 118 cm³/mol. The molecule has 7 nitrogen and oxygen atoms in total. The lowest BCUT2D eigenvalue weighted by Gasteiger charge is -2.01. The van der Waals surface area contributed by atoms with E-state index >= 15 is 0 Å². The van der Waals surface area contributed by atoms with Crippen LogP contribution in [0.3, 0.4) is 0 Å². The first-order valence-corrected chi connectivity index (χ1v) is 13.2. The predicted octanol–water partition coefficient (Wildman–Crippen LogP) is 4.24. The van der Waals surface area contributed by atoms with Gasteiger partial charge in [0.15, 0.2) is 31.2 Å². The van der Waals surface area contributed by atoms with E-state index in [0.29, 0.717) is 22.6 Å². The fraction of sp³-hybridized carbons (Fsp3) is 0.0870. The zero-order valence-electron chi connectivity index (χ0n) is 17.1. The van der Waals surface area contributed by atoms with Gasteiger partial charge in [0.25, 0.3) is 5.78 Å². The van der Waals surface area contributed by atoms with Crippen LogP contribution < -0.4 is 0 Å². The molecule has 4 rings (SSSR count). The Bertz CT molecular complexity index is 1390. The summed E-state index contributed by atoms with van der Waals surface area (Å²) in [6.45, 7) is 0. The topological polar surface area (TPSA) is 112 Å². The van der Waals surface area contributed by atoms with Crippen LogP contribution in [0.4, 0.5) is 0 Å². The van der Waals surface area contributed by atoms with Crippen molar-refractivity contribution in [1.82, 2.24) is 0 Å². The highest BCUT2D eigenvalue weighted by Gasteiger charge is 2.19. The molecule has 0 radical (unpaired) electrons. The summed E-state index contributed by atoms with van der Waals surface area (Å²) in [6.07, 6.45) is 2.26. The standard InChI is InChI=1S/C23H18O7S2/c1-31(25,26)17-7-3-15(4-8-17)19-11-13-21(29-19)23(24)22-14-12-20(30-22)16-5-9-18(10-6-16)32(2,27)28/h3-14H,1-2H3. The van der Waals surface area contributed by atoms with Gasteiger partial charge in [-0.3, -0.25) is 4.79 Å². The fourth-order valence-electron chi connectivity index (χ4n) is 3.08. The third kappa shape index (κ3) is 4.44. The lowest BCUT2D eigenvalue weighted by atomic mass is 10.2. The summed E-state index contributed by atoms with van der Waals surface area (Å²) in [5, 5.41) is 0. The maximum absolute atomic E-state index is 12.8. The van der Waals surface area contributed by atoms with Crippen molar-refractivity contribution in [2.75, 3.05) is 12.5 Å². The number of furan rings is 2. The van der Waals surface area contributed by atoms with Crippen LogP contribution in [-0.2, 0) is 19.7 Å². The van der Waals surface area contributed by atoms with Crippen molar-refractivity contribution >= 4 is 25.5 Å². The van der Waals surface area contributed by atoms with Gasteiger partial charge in [-0.1, -0.05) is 0 Å². The Morgan fingerprint density at radius 2 is 0.906 bits per heavy atom. The van der Waals surface area contributed by atoms with Crippen LogP contribution >= 0.6 is 0 Å². The van der Waals surface area contributed by atoms with Crippen molar-refractivity contribution in [3.63, 3.8) is 0 Å². The maximum Gasteiger partial charge on any atom is 0.263 e. The van der Waals surface area contributed by atoms with Crippen LogP contribution in [0.25, 0.3) is 22.6 Å².